The van der Waals surface area contributed by atoms with E-state index in [1.165, 1.54) is 12.8 Å². The maximum atomic E-state index is 11.3. The average molecular weight is 375 g/mol. The number of carboxylic acid groups (broad SMARTS) is 1. The van der Waals surface area contributed by atoms with Crippen LogP contribution in [0.4, 0.5) is 11.4 Å². The monoisotopic (exact) mass is 374 g/mol. The van der Waals surface area contributed by atoms with E-state index in [0.717, 1.165) is 36.3 Å². The third kappa shape index (κ3) is 8.74. The molecule has 0 bridgehead atoms. The summed E-state index contributed by atoms with van der Waals surface area (Å²) in [6, 6.07) is 7.21. The highest BCUT2D eigenvalue weighted by atomic mass is 32.2. The predicted octanol–water partition coefficient (Wildman–Crippen LogP) is 3.77. The fourth-order valence-electron chi connectivity index (χ4n) is 1.99. The molecule has 25 heavy (non-hydrogen) atoms. The van der Waals surface area contributed by atoms with Gasteiger partial charge in [-0.05, 0) is 18.6 Å². The molecule has 1 heterocycles. The summed E-state index contributed by atoms with van der Waals surface area (Å²) >= 11 is 0. The number of anilines is 2. The minimum absolute atomic E-state index is 0.193. The minimum Gasteiger partial charge on any atom is -0.481 e. The van der Waals surface area contributed by atoms with Crippen molar-refractivity contribution < 1.29 is 22.9 Å². The zero-order valence-electron chi connectivity index (χ0n) is 15.5. The minimum atomic E-state index is -4.18. The Bertz CT molecular complexity index is 613. The molecule has 2 N–H and O–H groups in total. The molecule has 1 aliphatic heterocycles. The lowest BCUT2D eigenvalue weighted by atomic mass is 10.2. The Balaban J connectivity index is 0.000000609. The molecular weight excluding hydrogens is 344 g/mol. The summed E-state index contributed by atoms with van der Waals surface area (Å²) in [7, 11) is -4.18. The van der Waals surface area contributed by atoms with Gasteiger partial charge >= 0.3 is 10.3 Å². The van der Waals surface area contributed by atoms with E-state index in [1.54, 1.807) is 12.1 Å². The van der Waals surface area contributed by atoms with Gasteiger partial charge in [0.05, 0.1) is 11.4 Å². The van der Waals surface area contributed by atoms with Crippen molar-refractivity contribution in [1.29, 1.82) is 0 Å². The van der Waals surface area contributed by atoms with Gasteiger partial charge in [-0.15, -0.1) is 0 Å². The molecule has 0 amide bonds. The van der Waals surface area contributed by atoms with Gasteiger partial charge in [0.15, 0.2) is 0 Å². The molecule has 0 radical (unpaired) electrons. The topological polar surface area (TPSA) is 98.2 Å². The SMILES string of the molecule is CC(=O)O.CCCC.CCCCN1CN(S(=O)(=O)O)c2ccccc21. The number of carboxylic acids is 1. The second-order valence-corrected chi connectivity index (χ2v) is 6.93. The number of hydrogen-bond donors (Lipinski definition) is 2. The maximum Gasteiger partial charge on any atom is 0.361 e. The summed E-state index contributed by atoms with van der Waals surface area (Å²) in [5, 5.41) is 7.42. The molecule has 0 aromatic heterocycles. The molecule has 1 aliphatic rings. The van der Waals surface area contributed by atoms with Crippen LogP contribution < -0.4 is 9.21 Å². The lowest BCUT2D eigenvalue weighted by Crippen LogP contribution is -2.35. The van der Waals surface area contributed by atoms with Crippen molar-refractivity contribution in [3.05, 3.63) is 24.3 Å². The van der Waals surface area contributed by atoms with Gasteiger partial charge in [0.25, 0.3) is 5.97 Å². The van der Waals surface area contributed by atoms with Crippen LogP contribution in [0.25, 0.3) is 0 Å². The van der Waals surface area contributed by atoms with E-state index in [9.17, 15) is 13.0 Å². The highest BCUT2D eigenvalue weighted by molar-refractivity contribution is 7.87. The average Bonchev–Trinajstić information content (AvgIpc) is 2.92. The zero-order valence-corrected chi connectivity index (χ0v) is 16.3. The second kappa shape index (κ2) is 11.7. The van der Waals surface area contributed by atoms with E-state index in [2.05, 4.69) is 20.8 Å². The fourth-order valence-corrected chi connectivity index (χ4v) is 2.68. The molecule has 0 fully saturated rings. The molecule has 8 heteroatoms. The Morgan fingerprint density at radius 1 is 1.08 bits per heavy atom. The number of para-hydroxylation sites is 2. The molecular formula is C17H30N2O5S. The molecule has 144 valence electrons. The van der Waals surface area contributed by atoms with Crippen LogP contribution in [-0.2, 0) is 15.1 Å². The highest BCUT2D eigenvalue weighted by Crippen LogP contribution is 2.36. The van der Waals surface area contributed by atoms with E-state index < -0.39 is 16.3 Å². The van der Waals surface area contributed by atoms with Crippen molar-refractivity contribution in [2.75, 3.05) is 22.4 Å². The molecule has 2 rings (SSSR count). The van der Waals surface area contributed by atoms with E-state index in [-0.39, 0.29) is 6.67 Å². The molecule has 0 unspecified atom stereocenters. The lowest BCUT2D eigenvalue weighted by Gasteiger charge is -2.19. The predicted molar refractivity (Wildman–Crippen MR) is 101 cm³/mol. The standard InChI is InChI=1S/C11H16N2O3S.C4H10.C2H4O2/c1-2-3-8-12-9-13(17(14,15)16)11-7-5-4-6-10(11)12;1-3-4-2;1-2(3)4/h4-7H,2-3,8-9H2,1H3,(H,14,15,16);3-4H2,1-2H3;1H3,(H,3,4). The molecule has 0 spiro atoms. The van der Waals surface area contributed by atoms with Gasteiger partial charge in [-0.3, -0.25) is 9.35 Å². The quantitative estimate of drug-likeness (QED) is 0.761. The zero-order chi connectivity index (χ0) is 19.5. The normalized spacial score (nSPS) is 12.5. The van der Waals surface area contributed by atoms with E-state index in [0.29, 0.717) is 5.69 Å². The van der Waals surface area contributed by atoms with Crippen LogP contribution in [0, 0.1) is 0 Å². The van der Waals surface area contributed by atoms with Crippen LogP contribution in [0.15, 0.2) is 24.3 Å². The third-order valence-corrected chi connectivity index (χ3v) is 4.22. The summed E-state index contributed by atoms with van der Waals surface area (Å²) in [5.41, 5.74) is 1.41. The van der Waals surface area contributed by atoms with Crippen LogP contribution in [0.3, 0.4) is 0 Å². The lowest BCUT2D eigenvalue weighted by molar-refractivity contribution is -0.134. The molecule has 0 saturated heterocycles. The number of hydrogen-bond acceptors (Lipinski definition) is 4. The summed E-state index contributed by atoms with van der Waals surface area (Å²) < 4.78 is 32.7. The van der Waals surface area contributed by atoms with E-state index >= 15 is 0 Å². The van der Waals surface area contributed by atoms with Crippen molar-refractivity contribution in [3.63, 3.8) is 0 Å². The van der Waals surface area contributed by atoms with E-state index in [4.69, 9.17) is 9.90 Å². The van der Waals surface area contributed by atoms with Crippen LogP contribution in [0.5, 0.6) is 0 Å². The van der Waals surface area contributed by atoms with Gasteiger partial charge < -0.3 is 10.0 Å². The molecule has 1 aromatic carbocycles. The fraction of sp³-hybridized carbons (Fsp3) is 0.588. The number of benzene rings is 1. The molecule has 0 saturated carbocycles. The second-order valence-electron chi connectivity index (χ2n) is 5.59. The maximum absolute atomic E-state index is 11.3. The van der Waals surface area contributed by atoms with Crippen molar-refractivity contribution in [3.8, 4) is 0 Å². The first-order valence-electron chi connectivity index (χ1n) is 8.47. The number of carbonyl (C=O) groups is 1. The third-order valence-electron chi connectivity index (χ3n) is 3.35. The highest BCUT2D eigenvalue weighted by Gasteiger charge is 2.31. The largest absolute Gasteiger partial charge is 0.481 e. The molecule has 7 nitrogen and oxygen atoms in total. The van der Waals surface area contributed by atoms with Gasteiger partial charge in [0.1, 0.15) is 6.67 Å². The van der Waals surface area contributed by atoms with Gasteiger partial charge in [-0.1, -0.05) is 52.2 Å². The first-order chi connectivity index (χ1) is 11.7. The van der Waals surface area contributed by atoms with Crippen molar-refractivity contribution in [2.45, 2.75) is 53.4 Å². The van der Waals surface area contributed by atoms with E-state index in [1.807, 2.05) is 17.0 Å². The van der Waals surface area contributed by atoms with Crippen LogP contribution in [0.2, 0.25) is 0 Å². The number of unbranched alkanes of at least 4 members (excludes halogenated alkanes) is 2. The van der Waals surface area contributed by atoms with Crippen molar-refractivity contribution in [2.24, 2.45) is 0 Å². The number of nitrogens with zero attached hydrogens (tertiary/aromatic N) is 2. The van der Waals surface area contributed by atoms with Gasteiger partial charge in [-0.25, -0.2) is 4.31 Å². The summed E-state index contributed by atoms with van der Waals surface area (Å²) in [5.74, 6) is -0.833. The summed E-state index contributed by atoms with van der Waals surface area (Å²) in [6.07, 6.45) is 4.68. The summed E-state index contributed by atoms with van der Waals surface area (Å²) in [4.78, 5) is 11.0. The first kappa shape index (κ1) is 23.2. The smallest absolute Gasteiger partial charge is 0.361 e. The van der Waals surface area contributed by atoms with Crippen molar-refractivity contribution >= 4 is 27.6 Å². The summed E-state index contributed by atoms with van der Waals surface area (Å²) in [6.45, 7) is 8.51. The van der Waals surface area contributed by atoms with Gasteiger partial charge in [-0.2, -0.15) is 8.42 Å². The molecule has 1 aromatic rings. The number of fused-ring (bicyclic) bond motifs is 1. The van der Waals surface area contributed by atoms with Crippen LogP contribution in [0.1, 0.15) is 53.4 Å². The Labute approximate surface area is 151 Å². The Hall–Kier alpha value is -1.80. The number of aliphatic carboxylic acids is 1. The molecule has 0 aliphatic carbocycles. The van der Waals surface area contributed by atoms with Gasteiger partial charge in [0, 0.05) is 13.5 Å². The Morgan fingerprint density at radius 2 is 1.56 bits per heavy atom. The van der Waals surface area contributed by atoms with Crippen LogP contribution in [-0.4, -0.2) is 37.3 Å². The molecule has 0 atom stereocenters. The van der Waals surface area contributed by atoms with Crippen LogP contribution >= 0.6 is 0 Å². The van der Waals surface area contributed by atoms with Gasteiger partial charge in [0.2, 0.25) is 0 Å². The Morgan fingerprint density at radius 3 is 1.96 bits per heavy atom. The number of rotatable bonds is 5. The first-order valence-corrected chi connectivity index (χ1v) is 9.87. The van der Waals surface area contributed by atoms with Crippen molar-refractivity contribution in [1.82, 2.24) is 0 Å². The Kier molecular flexibility index (Phi) is 10.9.